The van der Waals surface area contributed by atoms with E-state index in [0.717, 1.165) is 63.7 Å². The van der Waals surface area contributed by atoms with Gasteiger partial charge in [0.05, 0.1) is 0 Å². The maximum Gasteiger partial charge on any atom is 0.306 e. The highest BCUT2D eigenvalue weighted by molar-refractivity contribution is 5.71. The molecule has 0 aromatic carbocycles. The van der Waals surface area contributed by atoms with Crippen molar-refractivity contribution in [1.82, 2.24) is 0 Å². The summed E-state index contributed by atoms with van der Waals surface area (Å²) in [5.41, 5.74) is 0. The summed E-state index contributed by atoms with van der Waals surface area (Å²) in [6.07, 6.45) is 45.2. The van der Waals surface area contributed by atoms with Gasteiger partial charge in [-0.2, -0.15) is 0 Å². The average Bonchev–Trinajstić information content (AvgIpc) is 3.19. The van der Waals surface area contributed by atoms with E-state index in [0.29, 0.717) is 19.3 Å². The third kappa shape index (κ3) is 42.0. The van der Waals surface area contributed by atoms with Crippen molar-refractivity contribution in [3.05, 3.63) is 0 Å². The van der Waals surface area contributed by atoms with E-state index in [2.05, 4.69) is 27.7 Å². The summed E-state index contributed by atoms with van der Waals surface area (Å²) in [7, 11) is 0. The molecule has 0 saturated carbocycles. The van der Waals surface area contributed by atoms with Gasteiger partial charge in [0.25, 0.3) is 0 Å². The van der Waals surface area contributed by atoms with Crippen molar-refractivity contribution in [1.29, 1.82) is 0 Å². The molecule has 0 aliphatic heterocycles. The molecule has 6 heteroatoms. The Morgan fingerprint density at radius 3 is 0.929 bits per heavy atom. The van der Waals surface area contributed by atoms with E-state index in [4.69, 9.17) is 14.2 Å². The number of unbranched alkanes of at least 4 members (excludes halogenated alkanes) is 31. The second-order valence-electron chi connectivity index (χ2n) is 17.3. The number of hydrogen-bond acceptors (Lipinski definition) is 6. The molecule has 0 aliphatic carbocycles. The molecule has 0 rings (SSSR count). The van der Waals surface area contributed by atoms with Gasteiger partial charge in [0.2, 0.25) is 0 Å². The van der Waals surface area contributed by atoms with Gasteiger partial charge in [-0.25, -0.2) is 0 Å². The number of hydrogen-bond donors (Lipinski definition) is 0. The highest BCUT2D eigenvalue weighted by Gasteiger charge is 2.19. The SMILES string of the molecule is CCCCCCCCCCCCCCCCCCC(=O)OC[C@H](COC(=O)CCCCCCCCCCCCCC)OC(=O)CCCCCCCCC(C)CC. The van der Waals surface area contributed by atoms with E-state index in [-0.39, 0.29) is 31.1 Å². The van der Waals surface area contributed by atoms with Crippen molar-refractivity contribution in [2.75, 3.05) is 13.2 Å². The van der Waals surface area contributed by atoms with Gasteiger partial charge in [-0.05, 0) is 25.2 Å². The van der Waals surface area contributed by atoms with Crippen LogP contribution in [-0.4, -0.2) is 37.2 Å². The first-order chi connectivity index (χ1) is 27.4. The van der Waals surface area contributed by atoms with Gasteiger partial charge < -0.3 is 14.2 Å². The lowest BCUT2D eigenvalue weighted by Crippen LogP contribution is -2.30. The largest absolute Gasteiger partial charge is 0.462 e. The lowest BCUT2D eigenvalue weighted by molar-refractivity contribution is -0.167. The normalized spacial score (nSPS) is 12.4. The molecule has 2 atom stereocenters. The van der Waals surface area contributed by atoms with Crippen LogP contribution in [0, 0.1) is 5.92 Å². The molecule has 0 aromatic heterocycles. The second-order valence-corrected chi connectivity index (χ2v) is 17.3. The maximum absolute atomic E-state index is 12.7. The molecule has 56 heavy (non-hydrogen) atoms. The van der Waals surface area contributed by atoms with Crippen molar-refractivity contribution < 1.29 is 28.6 Å². The number of ether oxygens (including phenoxy) is 3. The molecule has 0 aromatic rings. The monoisotopic (exact) mass is 793 g/mol. The summed E-state index contributed by atoms with van der Waals surface area (Å²) in [5, 5.41) is 0. The third-order valence-corrected chi connectivity index (χ3v) is 11.7. The lowest BCUT2D eigenvalue weighted by atomic mass is 10.00. The fourth-order valence-corrected chi connectivity index (χ4v) is 7.48. The van der Waals surface area contributed by atoms with Gasteiger partial charge >= 0.3 is 17.9 Å². The minimum atomic E-state index is -0.760. The van der Waals surface area contributed by atoms with Gasteiger partial charge in [-0.15, -0.1) is 0 Å². The summed E-state index contributed by atoms with van der Waals surface area (Å²) >= 11 is 0. The summed E-state index contributed by atoms with van der Waals surface area (Å²) < 4.78 is 16.8. The first-order valence-corrected chi connectivity index (χ1v) is 24.9. The lowest BCUT2D eigenvalue weighted by Gasteiger charge is -2.18. The van der Waals surface area contributed by atoms with Crippen LogP contribution in [0.15, 0.2) is 0 Å². The van der Waals surface area contributed by atoms with Crippen LogP contribution >= 0.6 is 0 Å². The smallest absolute Gasteiger partial charge is 0.306 e. The van der Waals surface area contributed by atoms with Crippen LogP contribution in [-0.2, 0) is 28.6 Å². The Bertz CT molecular complexity index is 843. The van der Waals surface area contributed by atoms with Crippen molar-refractivity contribution in [3.63, 3.8) is 0 Å². The molecule has 0 spiro atoms. The van der Waals surface area contributed by atoms with Gasteiger partial charge in [0.15, 0.2) is 6.10 Å². The summed E-state index contributed by atoms with van der Waals surface area (Å²) in [4.78, 5) is 37.8. The molecule has 0 heterocycles. The molecule has 0 saturated heterocycles. The van der Waals surface area contributed by atoms with Gasteiger partial charge in [0, 0.05) is 19.3 Å². The molecule has 0 radical (unpaired) electrons. The van der Waals surface area contributed by atoms with Crippen LogP contribution in [0.4, 0.5) is 0 Å². The minimum absolute atomic E-state index is 0.0640. The number of esters is 3. The Kier molecular flexibility index (Phi) is 43.2. The van der Waals surface area contributed by atoms with Gasteiger partial charge in [-0.3, -0.25) is 14.4 Å². The molecule has 332 valence electrons. The fraction of sp³-hybridized carbons (Fsp3) is 0.940. The molecule has 0 aliphatic rings. The first kappa shape index (κ1) is 54.4. The average molecular weight is 793 g/mol. The summed E-state index contributed by atoms with van der Waals surface area (Å²) in [6.45, 7) is 8.99. The zero-order chi connectivity index (χ0) is 41.0. The molecule has 0 bridgehead atoms. The van der Waals surface area contributed by atoms with Crippen molar-refractivity contribution in [2.45, 2.75) is 284 Å². The maximum atomic E-state index is 12.7. The van der Waals surface area contributed by atoms with Crippen LogP contribution < -0.4 is 0 Å². The quantitative estimate of drug-likeness (QED) is 0.0347. The number of carbonyl (C=O) groups excluding carboxylic acids is 3. The van der Waals surface area contributed by atoms with E-state index in [9.17, 15) is 14.4 Å². The second kappa shape index (κ2) is 44.5. The van der Waals surface area contributed by atoms with Gasteiger partial charge in [-0.1, -0.05) is 240 Å². The summed E-state index contributed by atoms with van der Waals surface area (Å²) in [5.74, 6) is -0.0411. The molecular formula is C50H96O6. The summed E-state index contributed by atoms with van der Waals surface area (Å²) in [6, 6.07) is 0. The van der Waals surface area contributed by atoms with Crippen LogP contribution in [0.25, 0.3) is 0 Å². The van der Waals surface area contributed by atoms with E-state index < -0.39 is 6.10 Å². The Labute approximate surface area is 348 Å². The number of carbonyl (C=O) groups is 3. The molecule has 1 unspecified atom stereocenters. The predicted molar refractivity (Wildman–Crippen MR) is 238 cm³/mol. The fourth-order valence-electron chi connectivity index (χ4n) is 7.48. The highest BCUT2D eigenvalue weighted by Crippen LogP contribution is 2.17. The number of rotatable bonds is 45. The molecule has 0 N–H and O–H groups in total. The molecular weight excluding hydrogens is 697 g/mol. The van der Waals surface area contributed by atoms with E-state index >= 15 is 0 Å². The standard InChI is InChI=1S/C50H96O6/c1-5-8-10-12-14-16-18-20-21-22-23-25-27-29-34-38-42-49(52)55-45-47(56-50(53)43-39-35-31-30-32-36-40-46(4)7-3)44-54-48(51)41-37-33-28-26-24-19-17-15-13-11-9-6-2/h46-47H,5-45H2,1-4H3/t46?,47-/m0/s1. The van der Waals surface area contributed by atoms with Crippen molar-refractivity contribution in [3.8, 4) is 0 Å². The Balaban J connectivity index is 4.28. The first-order valence-electron chi connectivity index (χ1n) is 24.9. The zero-order valence-electron chi connectivity index (χ0n) is 38.1. The van der Waals surface area contributed by atoms with Crippen LogP contribution in [0.1, 0.15) is 278 Å². The zero-order valence-corrected chi connectivity index (χ0v) is 38.1. The van der Waals surface area contributed by atoms with Crippen LogP contribution in [0.2, 0.25) is 0 Å². The minimum Gasteiger partial charge on any atom is -0.462 e. The third-order valence-electron chi connectivity index (χ3n) is 11.7. The van der Waals surface area contributed by atoms with Crippen molar-refractivity contribution >= 4 is 17.9 Å². The highest BCUT2D eigenvalue weighted by atomic mass is 16.6. The topological polar surface area (TPSA) is 78.9 Å². The van der Waals surface area contributed by atoms with Crippen LogP contribution in [0.5, 0.6) is 0 Å². The van der Waals surface area contributed by atoms with E-state index in [1.807, 2.05) is 0 Å². The molecule has 0 amide bonds. The Hall–Kier alpha value is -1.59. The van der Waals surface area contributed by atoms with Crippen molar-refractivity contribution in [2.24, 2.45) is 5.92 Å². The van der Waals surface area contributed by atoms with E-state index in [1.54, 1.807) is 0 Å². The van der Waals surface area contributed by atoms with E-state index in [1.165, 1.54) is 173 Å². The predicted octanol–water partition coefficient (Wildman–Crippen LogP) is 15.9. The van der Waals surface area contributed by atoms with Crippen LogP contribution in [0.3, 0.4) is 0 Å². The Morgan fingerprint density at radius 1 is 0.357 bits per heavy atom. The molecule has 6 nitrogen and oxygen atoms in total. The van der Waals surface area contributed by atoms with Gasteiger partial charge in [0.1, 0.15) is 13.2 Å². The molecule has 0 fully saturated rings. The Morgan fingerprint density at radius 2 is 0.625 bits per heavy atom.